The number of nitrogens with zero attached hydrogens (tertiary/aromatic N) is 2. The van der Waals surface area contributed by atoms with E-state index in [1.165, 1.54) is 35.8 Å². The molecule has 1 amide bonds. The van der Waals surface area contributed by atoms with Crippen LogP contribution in [0.15, 0.2) is 37.6 Å². The number of hydrogen-bond acceptors (Lipinski definition) is 4. The number of likely N-dealkylation sites (tertiary alicyclic amines) is 1. The molecule has 1 aliphatic heterocycles. The Hall–Kier alpha value is -2.24. The van der Waals surface area contributed by atoms with Crippen molar-refractivity contribution >= 4 is 34.5 Å². The predicted octanol–water partition coefficient (Wildman–Crippen LogP) is 4.84. The molecule has 1 saturated heterocycles. The second-order valence-electron chi connectivity index (χ2n) is 7.11. The number of anilines is 1. The molecule has 4 nitrogen and oxygen atoms in total. The molecule has 0 radical (unpaired) electrons. The van der Waals surface area contributed by atoms with Crippen molar-refractivity contribution in [3.8, 4) is 0 Å². The molecule has 2 aromatic rings. The summed E-state index contributed by atoms with van der Waals surface area (Å²) in [5, 5.41) is 3.44. The van der Waals surface area contributed by atoms with Gasteiger partial charge in [-0.15, -0.1) is 11.3 Å². The lowest BCUT2D eigenvalue weighted by Gasteiger charge is -2.31. The Labute approximate surface area is 165 Å². The van der Waals surface area contributed by atoms with E-state index in [1.54, 1.807) is 11.3 Å². The van der Waals surface area contributed by atoms with E-state index < -0.39 is 0 Å². The van der Waals surface area contributed by atoms with Crippen LogP contribution in [-0.4, -0.2) is 28.9 Å². The molecule has 0 bridgehead atoms. The Morgan fingerprint density at radius 3 is 2.70 bits per heavy atom. The zero-order valence-corrected chi connectivity index (χ0v) is 16.7. The van der Waals surface area contributed by atoms with Gasteiger partial charge in [0.05, 0.1) is 0 Å². The van der Waals surface area contributed by atoms with E-state index in [0.717, 1.165) is 37.5 Å². The summed E-state index contributed by atoms with van der Waals surface area (Å²) in [6.07, 6.45) is 9.22. The summed E-state index contributed by atoms with van der Waals surface area (Å²) in [4.78, 5) is 19.1. The Bertz CT molecular complexity index is 819. The van der Waals surface area contributed by atoms with Crippen molar-refractivity contribution in [1.82, 2.24) is 9.88 Å². The molecular weight excluding hydrogens is 354 g/mol. The maximum Gasteiger partial charge on any atom is 0.223 e. The number of nitrogens with one attached hydrogen (secondary N) is 1. The third kappa shape index (κ3) is 5.37. The molecule has 0 atom stereocenters. The maximum atomic E-state index is 11.1. The molecule has 1 aromatic heterocycles. The summed E-state index contributed by atoms with van der Waals surface area (Å²) >= 11 is 1.56. The van der Waals surface area contributed by atoms with Crippen LogP contribution in [0.25, 0.3) is 12.2 Å². The van der Waals surface area contributed by atoms with Crippen molar-refractivity contribution in [3.63, 3.8) is 0 Å². The third-order valence-electron chi connectivity index (χ3n) is 5.04. The van der Waals surface area contributed by atoms with Crippen LogP contribution in [0.5, 0.6) is 0 Å². The van der Waals surface area contributed by atoms with Crippen molar-refractivity contribution in [2.75, 3.05) is 18.4 Å². The lowest BCUT2D eigenvalue weighted by Crippen LogP contribution is -2.33. The minimum atomic E-state index is -0.0718. The lowest BCUT2D eigenvalue weighted by atomic mass is 9.89. The molecule has 1 aliphatic rings. The van der Waals surface area contributed by atoms with Crippen molar-refractivity contribution in [2.45, 2.75) is 32.7 Å². The zero-order chi connectivity index (χ0) is 19.2. The van der Waals surface area contributed by atoms with Crippen molar-refractivity contribution in [1.29, 1.82) is 0 Å². The average Bonchev–Trinajstić information content (AvgIpc) is 3.09. The summed E-state index contributed by atoms with van der Waals surface area (Å²) in [5.41, 5.74) is 3.70. The largest absolute Gasteiger partial charge is 0.302 e. The number of amides is 1. The molecule has 5 heteroatoms. The van der Waals surface area contributed by atoms with E-state index in [1.807, 2.05) is 18.3 Å². The van der Waals surface area contributed by atoms with Crippen molar-refractivity contribution in [3.05, 3.63) is 59.1 Å². The molecule has 1 aromatic carbocycles. The lowest BCUT2D eigenvalue weighted by molar-refractivity contribution is -0.114. The standard InChI is InChI=1S/C22H27N3OS/c1-4-19-7-6-18(13-20(19)5-2)12-17-8-10-25(11-9-17)15-21-14-23-22(27-21)24-16(3)26/h4-7,13-14,17H,1-2,8-12,15H2,3H3,(H,23,24,26). The fourth-order valence-electron chi connectivity index (χ4n) is 3.61. The topological polar surface area (TPSA) is 45.2 Å². The Morgan fingerprint density at radius 1 is 1.30 bits per heavy atom. The molecule has 0 aliphatic carbocycles. The zero-order valence-electron chi connectivity index (χ0n) is 15.9. The highest BCUT2D eigenvalue weighted by atomic mass is 32.1. The second-order valence-corrected chi connectivity index (χ2v) is 8.22. The summed E-state index contributed by atoms with van der Waals surface area (Å²) in [6.45, 7) is 12.4. The first-order valence-corrected chi connectivity index (χ1v) is 10.2. The minimum absolute atomic E-state index is 0.0718. The van der Waals surface area contributed by atoms with Crippen LogP contribution in [0.2, 0.25) is 0 Å². The van der Waals surface area contributed by atoms with E-state index in [2.05, 4.69) is 46.6 Å². The van der Waals surface area contributed by atoms with Gasteiger partial charge in [-0.1, -0.05) is 43.5 Å². The van der Waals surface area contributed by atoms with Gasteiger partial charge in [-0.3, -0.25) is 9.69 Å². The van der Waals surface area contributed by atoms with Crippen LogP contribution in [0.4, 0.5) is 5.13 Å². The summed E-state index contributed by atoms with van der Waals surface area (Å²) < 4.78 is 0. The van der Waals surface area contributed by atoms with Gasteiger partial charge in [0.25, 0.3) is 0 Å². The van der Waals surface area contributed by atoms with Crippen LogP contribution in [0.1, 0.15) is 41.3 Å². The molecule has 2 heterocycles. The summed E-state index contributed by atoms with van der Waals surface area (Å²) in [7, 11) is 0. The van der Waals surface area contributed by atoms with Gasteiger partial charge in [0, 0.05) is 24.5 Å². The second kappa shape index (κ2) is 9.11. The van der Waals surface area contributed by atoms with Gasteiger partial charge in [-0.25, -0.2) is 4.98 Å². The number of carbonyl (C=O) groups excluding carboxylic acids is 1. The SMILES string of the molecule is C=Cc1ccc(CC2CCN(Cc3cnc(NC(C)=O)s3)CC2)cc1C=C. The smallest absolute Gasteiger partial charge is 0.223 e. The molecule has 142 valence electrons. The highest BCUT2D eigenvalue weighted by Gasteiger charge is 2.20. The van der Waals surface area contributed by atoms with Crippen LogP contribution >= 0.6 is 11.3 Å². The van der Waals surface area contributed by atoms with Gasteiger partial charge in [0.1, 0.15) is 0 Å². The molecule has 0 saturated carbocycles. The first-order valence-electron chi connectivity index (χ1n) is 9.40. The van der Waals surface area contributed by atoms with Gasteiger partial charge >= 0.3 is 0 Å². The van der Waals surface area contributed by atoms with Crippen LogP contribution in [-0.2, 0) is 17.8 Å². The van der Waals surface area contributed by atoms with Crippen molar-refractivity contribution < 1.29 is 4.79 Å². The molecule has 27 heavy (non-hydrogen) atoms. The maximum absolute atomic E-state index is 11.1. The molecule has 0 spiro atoms. The van der Waals surface area contributed by atoms with E-state index in [9.17, 15) is 4.79 Å². The van der Waals surface area contributed by atoms with E-state index in [0.29, 0.717) is 5.13 Å². The van der Waals surface area contributed by atoms with Crippen LogP contribution < -0.4 is 5.32 Å². The number of benzene rings is 1. The fraction of sp³-hybridized carbons (Fsp3) is 0.364. The van der Waals surface area contributed by atoms with Gasteiger partial charge in [-0.2, -0.15) is 0 Å². The number of hydrogen-bond donors (Lipinski definition) is 1. The predicted molar refractivity (Wildman–Crippen MR) is 115 cm³/mol. The summed E-state index contributed by atoms with van der Waals surface area (Å²) in [6, 6.07) is 6.61. The monoisotopic (exact) mass is 381 g/mol. The molecule has 1 fully saturated rings. The first-order chi connectivity index (χ1) is 13.1. The molecule has 3 rings (SSSR count). The number of piperidine rings is 1. The summed E-state index contributed by atoms with van der Waals surface area (Å²) in [5.74, 6) is 0.655. The van der Waals surface area contributed by atoms with Gasteiger partial charge < -0.3 is 5.32 Å². The van der Waals surface area contributed by atoms with Gasteiger partial charge in [0.2, 0.25) is 5.91 Å². The Morgan fingerprint density at radius 2 is 2.04 bits per heavy atom. The number of carbonyl (C=O) groups is 1. The Kier molecular flexibility index (Phi) is 6.58. The van der Waals surface area contributed by atoms with E-state index in [4.69, 9.17) is 0 Å². The quantitative estimate of drug-likeness (QED) is 0.746. The van der Waals surface area contributed by atoms with Crippen LogP contribution in [0, 0.1) is 5.92 Å². The number of rotatable bonds is 7. The van der Waals surface area contributed by atoms with E-state index >= 15 is 0 Å². The molecule has 0 unspecified atom stereocenters. The Balaban J connectivity index is 1.50. The minimum Gasteiger partial charge on any atom is -0.302 e. The van der Waals surface area contributed by atoms with Gasteiger partial charge in [-0.05, 0) is 55.0 Å². The highest BCUT2D eigenvalue weighted by molar-refractivity contribution is 7.15. The number of thiazole rings is 1. The average molecular weight is 382 g/mol. The van der Waals surface area contributed by atoms with Gasteiger partial charge in [0.15, 0.2) is 5.13 Å². The molecular formula is C22H27N3OS. The normalized spacial score (nSPS) is 15.4. The third-order valence-corrected chi connectivity index (χ3v) is 5.94. The number of aromatic nitrogens is 1. The van der Waals surface area contributed by atoms with E-state index in [-0.39, 0.29) is 5.91 Å². The fourth-order valence-corrected chi connectivity index (χ4v) is 4.51. The van der Waals surface area contributed by atoms with Crippen LogP contribution in [0.3, 0.4) is 0 Å². The highest BCUT2D eigenvalue weighted by Crippen LogP contribution is 2.26. The first kappa shape index (κ1) is 19.5. The molecule has 1 N–H and O–H groups in total. The van der Waals surface area contributed by atoms with Crippen molar-refractivity contribution in [2.24, 2.45) is 5.92 Å².